The number of anilines is 1. The first-order chi connectivity index (χ1) is 10.2. The summed E-state index contributed by atoms with van der Waals surface area (Å²) in [4.78, 5) is 12.1. The molecule has 0 radical (unpaired) electrons. The van der Waals surface area contributed by atoms with Gasteiger partial charge in [-0.1, -0.05) is 26.7 Å². The third-order valence-electron chi connectivity index (χ3n) is 3.25. The average Bonchev–Trinajstić information content (AvgIpc) is 2.37. The lowest BCUT2D eigenvalue weighted by Crippen LogP contribution is -2.32. The standard InChI is InChI=1S/C16H26N2O3S/c1-12(2)6-5-7-13(3)17-16(19)14-8-10-15(11-9-14)18-22(4,20)21/h8-13,18H,5-7H2,1-4H3,(H,17,19). The fourth-order valence-electron chi connectivity index (χ4n) is 2.12. The lowest BCUT2D eigenvalue weighted by molar-refractivity contribution is 0.0938. The van der Waals surface area contributed by atoms with E-state index in [1.165, 1.54) is 0 Å². The quantitative estimate of drug-likeness (QED) is 0.771. The van der Waals surface area contributed by atoms with Crippen LogP contribution in [0.2, 0.25) is 0 Å². The van der Waals surface area contributed by atoms with Crippen molar-refractivity contribution in [2.75, 3.05) is 11.0 Å². The molecule has 0 bridgehead atoms. The van der Waals surface area contributed by atoms with E-state index >= 15 is 0 Å². The van der Waals surface area contributed by atoms with Crippen LogP contribution in [0.1, 0.15) is 50.4 Å². The molecule has 1 atom stereocenters. The van der Waals surface area contributed by atoms with E-state index in [-0.39, 0.29) is 11.9 Å². The SMILES string of the molecule is CC(C)CCCC(C)NC(=O)c1ccc(NS(C)(=O)=O)cc1. The average molecular weight is 326 g/mol. The minimum absolute atomic E-state index is 0.125. The monoisotopic (exact) mass is 326 g/mol. The second-order valence-electron chi connectivity index (χ2n) is 6.15. The molecule has 6 heteroatoms. The summed E-state index contributed by atoms with van der Waals surface area (Å²) in [5.74, 6) is 0.542. The Balaban J connectivity index is 2.52. The van der Waals surface area contributed by atoms with Crippen LogP contribution in [0.4, 0.5) is 5.69 Å². The Morgan fingerprint density at radius 3 is 2.18 bits per heavy atom. The highest BCUT2D eigenvalue weighted by Gasteiger charge is 2.10. The Bertz CT molecular complexity index is 580. The van der Waals surface area contributed by atoms with Crippen LogP contribution in [0.5, 0.6) is 0 Å². The van der Waals surface area contributed by atoms with Crippen LogP contribution in [0.15, 0.2) is 24.3 Å². The van der Waals surface area contributed by atoms with Crippen molar-refractivity contribution >= 4 is 21.6 Å². The van der Waals surface area contributed by atoms with Gasteiger partial charge in [0.05, 0.1) is 6.26 Å². The van der Waals surface area contributed by atoms with Gasteiger partial charge in [-0.3, -0.25) is 9.52 Å². The van der Waals surface area contributed by atoms with E-state index in [9.17, 15) is 13.2 Å². The Hall–Kier alpha value is -1.56. The molecule has 1 unspecified atom stereocenters. The topological polar surface area (TPSA) is 75.3 Å². The van der Waals surface area contributed by atoms with Gasteiger partial charge in [-0.15, -0.1) is 0 Å². The molecule has 1 aromatic rings. The molecule has 22 heavy (non-hydrogen) atoms. The van der Waals surface area contributed by atoms with Gasteiger partial charge in [0.15, 0.2) is 0 Å². The maximum Gasteiger partial charge on any atom is 0.251 e. The molecule has 0 heterocycles. The largest absolute Gasteiger partial charge is 0.350 e. The normalized spacial score (nSPS) is 13.0. The first kappa shape index (κ1) is 18.5. The van der Waals surface area contributed by atoms with E-state index in [1.807, 2.05) is 6.92 Å². The summed E-state index contributed by atoms with van der Waals surface area (Å²) in [5.41, 5.74) is 0.971. The van der Waals surface area contributed by atoms with Crippen molar-refractivity contribution in [1.29, 1.82) is 0 Å². The van der Waals surface area contributed by atoms with E-state index in [1.54, 1.807) is 24.3 Å². The maximum atomic E-state index is 12.1. The molecule has 5 nitrogen and oxygen atoms in total. The number of carbonyl (C=O) groups is 1. The number of sulfonamides is 1. The molecule has 124 valence electrons. The summed E-state index contributed by atoms with van der Waals surface area (Å²) in [6.45, 7) is 6.38. The van der Waals surface area contributed by atoms with Crippen LogP contribution in [0, 0.1) is 5.92 Å². The molecule has 1 amide bonds. The number of nitrogens with one attached hydrogen (secondary N) is 2. The third-order valence-corrected chi connectivity index (χ3v) is 3.85. The number of carbonyl (C=O) groups excluding carboxylic acids is 1. The number of rotatable bonds is 8. The van der Waals surface area contributed by atoms with Gasteiger partial charge in [0.2, 0.25) is 10.0 Å². The molecule has 1 aromatic carbocycles. The minimum Gasteiger partial charge on any atom is -0.350 e. The van der Waals surface area contributed by atoms with Crippen LogP contribution in [0.3, 0.4) is 0 Å². The molecule has 0 saturated heterocycles. The molecule has 2 N–H and O–H groups in total. The van der Waals surface area contributed by atoms with Crippen molar-refractivity contribution in [2.45, 2.75) is 46.1 Å². The van der Waals surface area contributed by atoms with Crippen molar-refractivity contribution in [3.63, 3.8) is 0 Å². The number of hydrogen-bond acceptors (Lipinski definition) is 3. The van der Waals surface area contributed by atoms with Crippen molar-refractivity contribution in [1.82, 2.24) is 5.32 Å². The summed E-state index contributed by atoms with van der Waals surface area (Å²) < 4.78 is 24.6. The molecular formula is C16H26N2O3S. The van der Waals surface area contributed by atoms with Crippen molar-refractivity contribution < 1.29 is 13.2 Å². The van der Waals surface area contributed by atoms with Crippen molar-refractivity contribution in [3.05, 3.63) is 29.8 Å². The van der Waals surface area contributed by atoms with Crippen LogP contribution >= 0.6 is 0 Å². The fraction of sp³-hybridized carbons (Fsp3) is 0.562. The Morgan fingerprint density at radius 2 is 1.68 bits per heavy atom. The van der Waals surface area contributed by atoms with Gasteiger partial charge in [-0.05, 0) is 43.5 Å². The Morgan fingerprint density at radius 1 is 1.09 bits per heavy atom. The highest BCUT2D eigenvalue weighted by atomic mass is 32.2. The Kier molecular flexibility index (Phi) is 6.87. The highest BCUT2D eigenvalue weighted by Crippen LogP contribution is 2.12. The zero-order chi connectivity index (χ0) is 16.8. The summed E-state index contributed by atoms with van der Waals surface area (Å²) in [6, 6.07) is 6.52. The number of amides is 1. The fourth-order valence-corrected chi connectivity index (χ4v) is 2.68. The van der Waals surface area contributed by atoms with Crippen molar-refractivity contribution in [3.8, 4) is 0 Å². The van der Waals surface area contributed by atoms with Crippen LogP contribution in [-0.2, 0) is 10.0 Å². The maximum absolute atomic E-state index is 12.1. The van der Waals surface area contributed by atoms with Gasteiger partial charge in [0.25, 0.3) is 5.91 Å². The lowest BCUT2D eigenvalue weighted by atomic mass is 10.0. The summed E-state index contributed by atoms with van der Waals surface area (Å²) in [5, 5.41) is 2.96. The highest BCUT2D eigenvalue weighted by molar-refractivity contribution is 7.92. The van der Waals surface area contributed by atoms with E-state index < -0.39 is 10.0 Å². The molecule has 0 aliphatic carbocycles. The van der Waals surface area contributed by atoms with E-state index in [0.29, 0.717) is 17.2 Å². The molecule has 0 aliphatic heterocycles. The van der Waals surface area contributed by atoms with Gasteiger partial charge in [-0.25, -0.2) is 8.42 Å². The van der Waals surface area contributed by atoms with Gasteiger partial charge in [0.1, 0.15) is 0 Å². The van der Waals surface area contributed by atoms with Crippen LogP contribution < -0.4 is 10.0 Å². The van der Waals surface area contributed by atoms with Crippen LogP contribution in [-0.4, -0.2) is 26.6 Å². The first-order valence-corrected chi connectivity index (χ1v) is 9.45. The van der Waals surface area contributed by atoms with E-state index in [0.717, 1.165) is 25.5 Å². The zero-order valence-corrected chi connectivity index (χ0v) is 14.5. The summed E-state index contributed by atoms with van der Waals surface area (Å²) in [7, 11) is -3.30. The number of benzene rings is 1. The molecular weight excluding hydrogens is 300 g/mol. The van der Waals surface area contributed by atoms with E-state index in [2.05, 4.69) is 23.9 Å². The predicted molar refractivity (Wildman–Crippen MR) is 90.5 cm³/mol. The smallest absolute Gasteiger partial charge is 0.251 e. The number of hydrogen-bond donors (Lipinski definition) is 2. The molecule has 0 saturated carbocycles. The summed E-state index contributed by atoms with van der Waals surface area (Å²) >= 11 is 0. The van der Waals surface area contributed by atoms with E-state index in [4.69, 9.17) is 0 Å². The minimum atomic E-state index is -3.30. The van der Waals surface area contributed by atoms with Gasteiger partial charge >= 0.3 is 0 Å². The predicted octanol–water partition coefficient (Wildman–Crippen LogP) is 3.00. The second-order valence-corrected chi connectivity index (χ2v) is 7.90. The molecule has 0 fully saturated rings. The zero-order valence-electron chi connectivity index (χ0n) is 13.7. The molecule has 0 spiro atoms. The van der Waals surface area contributed by atoms with Gasteiger partial charge in [0, 0.05) is 17.3 Å². The van der Waals surface area contributed by atoms with Gasteiger partial charge < -0.3 is 5.32 Å². The van der Waals surface area contributed by atoms with Crippen LogP contribution in [0.25, 0.3) is 0 Å². The third kappa shape index (κ3) is 7.45. The molecule has 1 rings (SSSR count). The molecule has 0 aromatic heterocycles. The first-order valence-electron chi connectivity index (χ1n) is 7.56. The second kappa shape index (κ2) is 8.17. The lowest BCUT2D eigenvalue weighted by Gasteiger charge is -2.14. The Labute approximate surface area is 133 Å². The van der Waals surface area contributed by atoms with Crippen molar-refractivity contribution in [2.24, 2.45) is 5.92 Å². The summed E-state index contributed by atoms with van der Waals surface area (Å²) in [6.07, 6.45) is 4.30. The molecule has 0 aliphatic rings. The van der Waals surface area contributed by atoms with Gasteiger partial charge in [-0.2, -0.15) is 0 Å².